The van der Waals surface area contributed by atoms with Crippen molar-refractivity contribution < 1.29 is 9.53 Å². The number of nitrogens with one attached hydrogen (secondary N) is 4. The van der Waals surface area contributed by atoms with Crippen LogP contribution in [0.25, 0.3) is 0 Å². The summed E-state index contributed by atoms with van der Waals surface area (Å²) in [6.07, 6.45) is 2.66. The van der Waals surface area contributed by atoms with E-state index in [1.807, 2.05) is 6.07 Å². The number of aromatic amines is 2. The quantitative estimate of drug-likeness (QED) is 0.619. The summed E-state index contributed by atoms with van der Waals surface area (Å²) in [6.45, 7) is 5.66. The minimum atomic E-state index is -0.390. The van der Waals surface area contributed by atoms with Crippen LogP contribution >= 0.6 is 0 Å². The molecule has 0 bridgehead atoms. The van der Waals surface area contributed by atoms with E-state index in [0.29, 0.717) is 19.0 Å². The molecular formula is C19H27N5O3. The van der Waals surface area contributed by atoms with E-state index >= 15 is 0 Å². The summed E-state index contributed by atoms with van der Waals surface area (Å²) in [5.74, 6) is 0.391. The Kier molecular flexibility index (Phi) is 5.65. The molecule has 146 valence electrons. The van der Waals surface area contributed by atoms with E-state index in [-0.39, 0.29) is 29.3 Å². The Hall–Kier alpha value is -2.61. The summed E-state index contributed by atoms with van der Waals surface area (Å²) >= 11 is 0. The molecule has 4 N–H and O–H groups in total. The lowest BCUT2D eigenvalue weighted by molar-refractivity contribution is -0.0838. The molecule has 2 amide bonds. The first-order valence-corrected chi connectivity index (χ1v) is 9.23. The number of nitrogens with zero attached hydrogens (tertiary/aromatic N) is 1. The highest BCUT2D eigenvalue weighted by atomic mass is 16.5. The van der Waals surface area contributed by atoms with Gasteiger partial charge in [0.2, 0.25) is 0 Å². The van der Waals surface area contributed by atoms with E-state index in [1.54, 1.807) is 0 Å². The van der Waals surface area contributed by atoms with Gasteiger partial charge in [-0.25, -0.2) is 14.7 Å². The SMILES string of the molecule is CC1(C)C[C@@](CCNC(=O)NCc2n[nH]c(=O)[nH]2)(c2ccccc2)CCO1. The molecule has 8 nitrogen and oxygen atoms in total. The van der Waals surface area contributed by atoms with Gasteiger partial charge in [-0.05, 0) is 38.7 Å². The molecule has 0 spiro atoms. The molecular weight excluding hydrogens is 346 g/mol. The predicted octanol–water partition coefficient (Wildman–Crippen LogP) is 1.81. The average Bonchev–Trinajstić information content (AvgIpc) is 3.05. The molecule has 2 aromatic rings. The van der Waals surface area contributed by atoms with Crippen LogP contribution in [0.3, 0.4) is 0 Å². The number of H-pyrrole nitrogens is 2. The second-order valence-electron chi connectivity index (χ2n) is 7.67. The van der Waals surface area contributed by atoms with Gasteiger partial charge in [0.15, 0.2) is 0 Å². The fourth-order valence-electron chi connectivity index (χ4n) is 3.90. The molecule has 0 radical (unpaired) electrons. The fraction of sp³-hybridized carbons (Fsp3) is 0.526. The minimum absolute atomic E-state index is 0.0241. The summed E-state index contributed by atoms with van der Waals surface area (Å²) in [5, 5.41) is 11.6. The molecule has 0 aliphatic carbocycles. The second-order valence-corrected chi connectivity index (χ2v) is 7.67. The van der Waals surface area contributed by atoms with Crippen LogP contribution in [-0.2, 0) is 16.7 Å². The Morgan fingerprint density at radius 2 is 2.04 bits per heavy atom. The molecule has 2 heterocycles. The number of hydrogen-bond acceptors (Lipinski definition) is 4. The molecule has 1 saturated heterocycles. The summed E-state index contributed by atoms with van der Waals surface area (Å²) < 4.78 is 5.92. The largest absolute Gasteiger partial charge is 0.376 e. The van der Waals surface area contributed by atoms with E-state index in [0.717, 1.165) is 19.3 Å². The molecule has 1 aliphatic heterocycles. The smallest absolute Gasteiger partial charge is 0.340 e. The third-order valence-electron chi connectivity index (χ3n) is 5.08. The number of hydrogen-bond donors (Lipinski definition) is 4. The standard InChI is InChI=1S/C19H27N5O3/c1-18(2)13-19(9-11-27-18,14-6-4-3-5-7-14)8-10-20-16(25)21-12-15-22-17(26)24-23-15/h3-7H,8-13H2,1-2H3,(H2,20,21,25)(H2,22,23,24,26)/t19-/m0/s1. The number of amides is 2. The van der Waals surface area contributed by atoms with Gasteiger partial charge in [-0.1, -0.05) is 30.3 Å². The van der Waals surface area contributed by atoms with Crippen LogP contribution in [0.15, 0.2) is 35.1 Å². The van der Waals surface area contributed by atoms with Gasteiger partial charge in [-0.15, -0.1) is 0 Å². The van der Waals surface area contributed by atoms with Crippen molar-refractivity contribution in [2.24, 2.45) is 0 Å². The maximum absolute atomic E-state index is 12.1. The number of ether oxygens (including phenoxy) is 1. The summed E-state index contributed by atoms with van der Waals surface area (Å²) in [7, 11) is 0. The molecule has 8 heteroatoms. The Morgan fingerprint density at radius 1 is 1.26 bits per heavy atom. The Bertz CT molecular complexity index is 814. The van der Waals surface area contributed by atoms with E-state index < -0.39 is 0 Å². The van der Waals surface area contributed by atoms with Crippen LogP contribution in [-0.4, -0.2) is 40.0 Å². The zero-order chi connectivity index (χ0) is 19.3. The van der Waals surface area contributed by atoms with Crippen LogP contribution < -0.4 is 16.3 Å². The number of carbonyl (C=O) groups is 1. The van der Waals surface area contributed by atoms with E-state index in [4.69, 9.17) is 4.74 Å². The first-order chi connectivity index (χ1) is 12.9. The van der Waals surface area contributed by atoms with Gasteiger partial charge in [0.05, 0.1) is 12.1 Å². The summed E-state index contributed by atoms with van der Waals surface area (Å²) in [6, 6.07) is 10.2. The third-order valence-corrected chi connectivity index (χ3v) is 5.08. The van der Waals surface area contributed by atoms with Gasteiger partial charge in [0.1, 0.15) is 5.82 Å². The molecule has 1 aromatic heterocycles. The van der Waals surface area contributed by atoms with Crippen LogP contribution in [0.5, 0.6) is 0 Å². The molecule has 0 unspecified atom stereocenters. The van der Waals surface area contributed by atoms with Crippen molar-refractivity contribution >= 4 is 6.03 Å². The highest BCUT2D eigenvalue weighted by molar-refractivity contribution is 5.73. The van der Waals surface area contributed by atoms with Crippen LogP contribution in [0.1, 0.15) is 44.5 Å². The van der Waals surface area contributed by atoms with Crippen LogP contribution in [0, 0.1) is 0 Å². The Morgan fingerprint density at radius 3 is 2.70 bits per heavy atom. The van der Waals surface area contributed by atoms with Crippen molar-refractivity contribution in [2.75, 3.05) is 13.2 Å². The number of carbonyl (C=O) groups excluding carboxylic acids is 1. The molecule has 3 rings (SSSR count). The van der Waals surface area contributed by atoms with Gasteiger partial charge >= 0.3 is 11.7 Å². The number of rotatable bonds is 6. The molecule has 1 aliphatic rings. The minimum Gasteiger partial charge on any atom is -0.376 e. The van der Waals surface area contributed by atoms with Gasteiger partial charge in [0.25, 0.3) is 0 Å². The van der Waals surface area contributed by atoms with Crippen molar-refractivity contribution in [2.45, 2.75) is 50.7 Å². The van der Waals surface area contributed by atoms with E-state index in [2.05, 4.69) is 63.9 Å². The van der Waals surface area contributed by atoms with Gasteiger partial charge in [-0.3, -0.25) is 4.98 Å². The molecule has 27 heavy (non-hydrogen) atoms. The van der Waals surface area contributed by atoms with Crippen molar-refractivity contribution in [1.82, 2.24) is 25.8 Å². The van der Waals surface area contributed by atoms with Gasteiger partial charge in [0, 0.05) is 18.6 Å². The van der Waals surface area contributed by atoms with Crippen molar-refractivity contribution in [3.05, 3.63) is 52.2 Å². The number of aromatic nitrogens is 3. The number of urea groups is 1. The summed E-state index contributed by atoms with van der Waals surface area (Å²) in [4.78, 5) is 25.5. The lowest BCUT2D eigenvalue weighted by Gasteiger charge is -2.45. The van der Waals surface area contributed by atoms with Crippen molar-refractivity contribution in [3.8, 4) is 0 Å². The fourth-order valence-corrected chi connectivity index (χ4v) is 3.90. The van der Waals surface area contributed by atoms with Crippen LogP contribution in [0.2, 0.25) is 0 Å². The highest BCUT2D eigenvalue weighted by Gasteiger charge is 2.41. The third kappa shape index (κ3) is 4.97. The van der Waals surface area contributed by atoms with Gasteiger partial charge in [-0.2, -0.15) is 5.10 Å². The molecule has 1 fully saturated rings. The first kappa shape index (κ1) is 19.2. The molecule has 1 atom stereocenters. The van der Waals surface area contributed by atoms with Crippen LogP contribution in [0.4, 0.5) is 4.79 Å². The Labute approximate surface area is 158 Å². The first-order valence-electron chi connectivity index (χ1n) is 9.23. The van der Waals surface area contributed by atoms with Crippen molar-refractivity contribution in [1.29, 1.82) is 0 Å². The monoisotopic (exact) mass is 373 g/mol. The predicted molar refractivity (Wildman–Crippen MR) is 101 cm³/mol. The normalized spacial score (nSPS) is 21.6. The molecule has 0 saturated carbocycles. The lowest BCUT2D eigenvalue weighted by atomic mass is 9.67. The van der Waals surface area contributed by atoms with E-state index in [9.17, 15) is 9.59 Å². The lowest BCUT2D eigenvalue weighted by Crippen LogP contribution is -2.46. The summed E-state index contributed by atoms with van der Waals surface area (Å²) in [5.41, 5.74) is 0.683. The second kappa shape index (κ2) is 7.96. The van der Waals surface area contributed by atoms with E-state index in [1.165, 1.54) is 5.56 Å². The maximum Gasteiger partial charge on any atom is 0.340 e. The van der Waals surface area contributed by atoms with Gasteiger partial charge < -0.3 is 15.4 Å². The van der Waals surface area contributed by atoms with Crippen molar-refractivity contribution in [3.63, 3.8) is 0 Å². The molecule has 1 aromatic carbocycles. The zero-order valence-electron chi connectivity index (χ0n) is 15.8. The highest BCUT2D eigenvalue weighted by Crippen LogP contribution is 2.43. The maximum atomic E-state index is 12.1. The zero-order valence-corrected chi connectivity index (χ0v) is 15.8. The Balaban J connectivity index is 1.58. The topological polar surface area (TPSA) is 112 Å². The average molecular weight is 373 g/mol. The number of benzene rings is 1.